The molecule has 0 bridgehead atoms. The molecule has 0 aliphatic carbocycles. The monoisotopic (exact) mass is 529 g/mol. The van der Waals surface area contributed by atoms with Crippen LogP contribution in [0.1, 0.15) is 36.7 Å². The maximum Gasteiger partial charge on any atom is 0.255 e. The summed E-state index contributed by atoms with van der Waals surface area (Å²) in [5, 5.41) is 2.79. The van der Waals surface area contributed by atoms with Gasteiger partial charge in [-0.15, -0.1) is 0 Å². The summed E-state index contributed by atoms with van der Waals surface area (Å²) in [6.07, 6.45) is -0.956. The summed E-state index contributed by atoms with van der Waals surface area (Å²) in [5.74, 6) is -0.468. The SMILES string of the molecule is CC1Cc2nc(NCC(F)F)c(N3CCC(Oc4ccc(F)cc4F)CC3)nc2CN1Cc1ccccc1. The second-order valence-electron chi connectivity index (χ2n) is 9.88. The lowest BCUT2D eigenvalue weighted by Gasteiger charge is -2.37. The molecule has 2 aliphatic heterocycles. The highest BCUT2D eigenvalue weighted by atomic mass is 19.3. The molecule has 10 heteroatoms. The third-order valence-corrected chi connectivity index (χ3v) is 7.08. The van der Waals surface area contributed by atoms with Gasteiger partial charge >= 0.3 is 0 Å². The molecule has 1 unspecified atom stereocenters. The summed E-state index contributed by atoms with van der Waals surface area (Å²) in [4.78, 5) is 14.1. The number of alkyl halides is 2. The first-order chi connectivity index (χ1) is 18.4. The summed E-state index contributed by atoms with van der Waals surface area (Å²) in [6, 6.07) is 13.7. The molecule has 38 heavy (non-hydrogen) atoms. The van der Waals surface area contributed by atoms with Gasteiger partial charge in [0.1, 0.15) is 11.9 Å². The number of anilines is 2. The topological polar surface area (TPSA) is 53.5 Å². The number of fused-ring (bicyclic) bond motifs is 1. The van der Waals surface area contributed by atoms with E-state index in [4.69, 9.17) is 14.7 Å². The molecule has 3 aromatic rings. The van der Waals surface area contributed by atoms with Gasteiger partial charge in [0, 0.05) is 57.5 Å². The number of rotatable bonds is 8. The van der Waals surface area contributed by atoms with Crippen LogP contribution in [0.25, 0.3) is 0 Å². The van der Waals surface area contributed by atoms with Crippen molar-refractivity contribution in [1.82, 2.24) is 14.9 Å². The number of hydrogen-bond donors (Lipinski definition) is 1. The Hall–Kier alpha value is -3.40. The van der Waals surface area contributed by atoms with Crippen LogP contribution in [0.3, 0.4) is 0 Å². The molecule has 1 fully saturated rings. The third-order valence-electron chi connectivity index (χ3n) is 7.08. The number of piperidine rings is 1. The Morgan fingerprint density at radius 1 is 1.03 bits per heavy atom. The van der Waals surface area contributed by atoms with Crippen molar-refractivity contribution in [2.24, 2.45) is 0 Å². The minimum absolute atomic E-state index is 0.0188. The van der Waals surface area contributed by atoms with Crippen molar-refractivity contribution in [3.8, 4) is 5.75 Å². The van der Waals surface area contributed by atoms with Gasteiger partial charge in [0.15, 0.2) is 23.2 Å². The van der Waals surface area contributed by atoms with Crippen LogP contribution in [0, 0.1) is 11.6 Å². The quantitative estimate of drug-likeness (QED) is 0.393. The average Bonchev–Trinajstić information content (AvgIpc) is 2.90. The van der Waals surface area contributed by atoms with E-state index in [2.05, 4.69) is 29.3 Å². The van der Waals surface area contributed by atoms with E-state index < -0.39 is 24.6 Å². The Labute approximate surface area is 219 Å². The van der Waals surface area contributed by atoms with Crippen molar-refractivity contribution in [2.75, 3.05) is 29.9 Å². The van der Waals surface area contributed by atoms with Gasteiger partial charge in [0.05, 0.1) is 17.9 Å². The van der Waals surface area contributed by atoms with Gasteiger partial charge in [-0.3, -0.25) is 4.90 Å². The summed E-state index contributed by atoms with van der Waals surface area (Å²) in [5.41, 5.74) is 2.89. The predicted molar refractivity (Wildman–Crippen MR) is 138 cm³/mol. The lowest BCUT2D eigenvalue weighted by molar-refractivity contribution is 0.162. The van der Waals surface area contributed by atoms with Gasteiger partial charge in [-0.05, 0) is 24.6 Å². The summed E-state index contributed by atoms with van der Waals surface area (Å²) < 4.78 is 59.2. The molecule has 1 saturated heterocycles. The van der Waals surface area contributed by atoms with Gasteiger partial charge in [-0.25, -0.2) is 27.5 Å². The molecule has 1 aromatic heterocycles. The van der Waals surface area contributed by atoms with Gasteiger partial charge < -0.3 is 15.0 Å². The van der Waals surface area contributed by atoms with Crippen molar-refractivity contribution < 1.29 is 22.3 Å². The normalized spacial score (nSPS) is 18.5. The largest absolute Gasteiger partial charge is 0.487 e. The second-order valence-corrected chi connectivity index (χ2v) is 9.88. The molecular formula is C28H31F4N5O. The minimum Gasteiger partial charge on any atom is -0.487 e. The summed E-state index contributed by atoms with van der Waals surface area (Å²) >= 11 is 0. The predicted octanol–water partition coefficient (Wildman–Crippen LogP) is 5.43. The fraction of sp³-hybridized carbons (Fsp3) is 0.429. The van der Waals surface area contributed by atoms with E-state index in [1.165, 1.54) is 17.7 Å². The zero-order valence-electron chi connectivity index (χ0n) is 21.2. The first-order valence-corrected chi connectivity index (χ1v) is 12.9. The lowest BCUT2D eigenvalue weighted by Crippen LogP contribution is -2.41. The van der Waals surface area contributed by atoms with E-state index in [9.17, 15) is 17.6 Å². The van der Waals surface area contributed by atoms with Gasteiger partial charge in [-0.1, -0.05) is 30.3 Å². The molecule has 0 spiro atoms. The smallest absolute Gasteiger partial charge is 0.255 e. The standard InChI is InChI=1S/C28H31F4N5O/c1-18-13-23-24(17-37(18)16-19-5-3-2-4-6-19)35-28(27(34-23)33-15-26(31)32)36-11-9-21(10-12-36)38-25-8-7-20(29)14-22(25)30/h2-8,14,18,21,26H,9-13,15-17H2,1H3,(H,33,34). The zero-order valence-corrected chi connectivity index (χ0v) is 21.2. The van der Waals surface area contributed by atoms with Crippen LogP contribution in [0.2, 0.25) is 0 Å². The van der Waals surface area contributed by atoms with Crippen molar-refractivity contribution in [2.45, 2.75) is 57.8 Å². The van der Waals surface area contributed by atoms with Crippen LogP contribution < -0.4 is 15.0 Å². The highest BCUT2D eigenvalue weighted by molar-refractivity contribution is 5.62. The van der Waals surface area contributed by atoms with Crippen LogP contribution in [-0.2, 0) is 19.5 Å². The molecule has 1 N–H and O–H groups in total. The van der Waals surface area contributed by atoms with E-state index in [0.29, 0.717) is 50.5 Å². The zero-order chi connectivity index (χ0) is 26.6. The number of halogens is 4. The Bertz CT molecular complexity index is 1240. The van der Waals surface area contributed by atoms with Crippen molar-refractivity contribution in [3.63, 3.8) is 0 Å². The molecule has 1 atom stereocenters. The first kappa shape index (κ1) is 26.2. The third kappa shape index (κ3) is 6.18. The highest BCUT2D eigenvalue weighted by Crippen LogP contribution is 2.32. The molecule has 6 nitrogen and oxygen atoms in total. The molecule has 3 heterocycles. The van der Waals surface area contributed by atoms with Crippen molar-refractivity contribution >= 4 is 11.6 Å². The summed E-state index contributed by atoms with van der Waals surface area (Å²) in [6.45, 7) is 4.10. The molecule has 2 aromatic carbocycles. The lowest BCUT2D eigenvalue weighted by atomic mass is 10.0. The van der Waals surface area contributed by atoms with E-state index in [0.717, 1.165) is 24.0 Å². The molecule has 0 amide bonds. The number of nitrogens with zero attached hydrogens (tertiary/aromatic N) is 4. The van der Waals surface area contributed by atoms with Crippen LogP contribution in [0.15, 0.2) is 48.5 Å². The van der Waals surface area contributed by atoms with Gasteiger partial charge in [-0.2, -0.15) is 0 Å². The van der Waals surface area contributed by atoms with E-state index in [1.54, 1.807) is 0 Å². The number of benzene rings is 2. The van der Waals surface area contributed by atoms with Gasteiger partial charge in [0.25, 0.3) is 6.43 Å². The fourth-order valence-corrected chi connectivity index (χ4v) is 5.02. The fourth-order valence-electron chi connectivity index (χ4n) is 5.02. The van der Waals surface area contributed by atoms with E-state index in [-0.39, 0.29) is 17.9 Å². The van der Waals surface area contributed by atoms with Crippen molar-refractivity contribution in [1.29, 1.82) is 0 Å². The Balaban J connectivity index is 1.32. The maximum atomic E-state index is 14.0. The number of hydrogen-bond acceptors (Lipinski definition) is 6. The molecule has 0 saturated carbocycles. The van der Waals surface area contributed by atoms with E-state index in [1.807, 2.05) is 23.1 Å². The summed E-state index contributed by atoms with van der Waals surface area (Å²) in [7, 11) is 0. The van der Waals surface area contributed by atoms with Gasteiger partial charge in [0.2, 0.25) is 0 Å². The van der Waals surface area contributed by atoms with Crippen LogP contribution in [0.5, 0.6) is 5.75 Å². The first-order valence-electron chi connectivity index (χ1n) is 12.9. The number of ether oxygens (including phenoxy) is 1. The van der Waals surface area contributed by atoms with Crippen LogP contribution in [-0.4, -0.2) is 53.1 Å². The highest BCUT2D eigenvalue weighted by Gasteiger charge is 2.30. The second kappa shape index (κ2) is 11.6. The number of aromatic nitrogens is 2. The molecule has 5 rings (SSSR count). The Morgan fingerprint density at radius 3 is 2.50 bits per heavy atom. The average molecular weight is 530 g/mol. The molecule has 202 valence electrons. The maximum absolute atomic E-state index is 14.0. The molecule has 0 radical (unpaired) electrons. The number of nitrogens with one attached hydrogen (secondary N) is 1. The van der Waals surface area contributed by atoms with E-state index >= 15 is 0 Å². The minimum atomic E-state index is -2.52. The van der Waals surface area contributed by atoms with Crippen molar-refractivity contribution in [3.05, 3.63) is 77.1 Å². The Kier molecular flexibility index (Phi) is 7.97. The van der Waals surface area contributed by atoms with Crippen LogP contribution >= 0.6 is 0 Å². The molecular weight excluding hydrogens is 498 g/mol. The van der Waals surface area contributed by atoms with Crippen LogP contribution in [0.4, 0.5) is 29.2 Å². The molecule has 2 aliphatic rings. The Morgan fingerprint density at radius 2 is 1.79 bits per heavy atom.